The van der Waals surface area contributed by atoms with Gasteiger partial charge in [0, 0.05) is 5.41 Å². The molecule has 0 radical (unpaired) electrons. The predicted molar refractivity (Wildman–Crippen MR) is 134 cm³/mol. The average Bonchev–Trinajstić information content (AvgIpc) is 2.89. The number of hydrogen-bond donors (Lipinski definition) is 2. The zero-order valence-electron chi connectivity index (χ0n) is 20.3. The van der Waals surface area contributed by atoms with Crippen LogP contribution in [-0.4, -0.2) is 35.4 Å². The van der Waals surface area contributed by atoms with Crippen molar-refractivity contribution in [2.75, 3.05) is 13.2 Å². The third-order valence-electron chi connectivity index (χ3n) is 6.85. The highest BCUT2D eigenvalue weighted by Crippen LogP contribution is 2.48. The molecule has 1 fully saturated rings. The summed E-state index contributed by atoms with van der Waals surface area (Å²) in [7, 11) is 0. The van der Waals surface area contributed by atoms with E-state index < -0.39 is 25.2 Å². The van der Waals surface area contributed by atoms with Crippen LogP contribution in [0, 0.1) is 5.92 Å². The van der Waals surface area contributed by atoms with Crippen LogP contribution in [0.1, 0.15) is 56.6 Å². The first-order valence-electron chi connectivity index (χ1n) is 12.1. The maximum Gasteiger partial charge on any atom is 0.341 e. The SMILES string of the molecule is C=C(CO)C(=O)Oc1ccc(C2(c3ccc(OC(=O)C(=C)CO)cc3)CCC(CCC)CC2)cc1. The molecule has 0 spiro atoms. The normalized spacial score (nSPS) is 15.3. The first-order valence-corrected chi connectivity index (χ1v) is 12.1. The number of hydrogen-bond acceptors (Lipinski definition) is 6. The Bertz CT molecular complexity index is 968. The molecule has 186 valence electrons. The first kappa shape index (κ1) is 26.4. The number of carbonyl (C=O) groups excluding carboxylic acids is 2. The Morgan fingerprint density at radius 3 is 1.57 bits per heavy atom. The van der Waals surface area contributed by atoms with Gasteiger partial charge in [-0.25, -0.2) is 9.59 Å². The van der Waals surface area contributed by atoms with Gasteiger partial charge in [0.05, 0.1) is 24.4 Å². The topological polar surface area (TPSA) is 93.1 Å². The van der Waals surface area contributed by atoms with Crippen LogP contribution in [-0.2, 0) is 15.0 Å². The molecule has 0 atom stereocenters. The molecule has 6 nitrogen and oxygen atoms in total. The van der Waals surface area contributed by atoms with E-state index >= 15 is 0 Å². The fourth-order valence-corrected chi connectivity index (χ4v) is 4.78. The lowest BCUT2D eigenvalue weighted by atomic mass is 9.62. The molecule has 2 N–H and O–H groups in total. The van der Waals surface area contributed by atoms with Crippen molar-refractivity contribution in [2.45, 2.75) is 50.9 Å². The van der Waals surface area contributed by atoms with E-state index in [4.69, 9.17) is 19.7 Å². The van der Waals surface area contributed by atoms with E-state index in [1.54, 1.807) is 24.3 Å². The molecule has 2 aromatic carbocycles. The Morgan fingerprint density at radius 2 is 1.23 bits per heavy atom. The summed E-state index contributed by atoms with van der Waals surface area (Å²) in [6, 6.07) is 15.0. The lowest BCUT2D eigenvalue weighted by Crippen LogP contribution is -2.33. The van der Waals surface area contributed by atoms with Crippen molar-refractivity contribution < 1.29 is 29.3 Å². The van der Waals surface area contributed by atoms with Gasteiger partial charge in [0.1, 0.15) is 11.5 Å². The van der Waals surface area contributed by atoms with Crippen LogP contribution in [0.3, 0.4) is 0 Å². The molecule has 0 heterocycles. The minimum absolute atomic E-state index is 0.00291. The zero-order chi connectivity index (χ0) is 25.4. The van der Waals surface area contributed by atoms with Gasteiger partial charge in [0.2, 0.25) is 0 Å². The summed E-state index contributed by atoms with van der Waals surface area (Å²) in [5.41, 5.74) is 2.06. The first-order chi connectivity index (χ1) is 16.8. The van der Waals surface area contributed by atoms with Crippen LogP contribution in [0.15, 0.2) is 72.8 Å². The van der Waals surface area contributed by atoms with Gasteiger partial charge < -0.3 is 19.7 Å². The molecule has 0 amide bonds. The minimum atomic E-state index is -0.649. The van der Waals surface area contributed by atoms with Crippen LogP contribution >= 0.6 is 0 Å². The Morgan fingerprint density at radius 1 is 0.829 bits per heavy atom. The fraction of sp³-hybridized carbons (Fsp3) is 0.379. The van der Waals surface area contributed by atoms with Crippen LogP contribution < -0.4 is 9.47 Å². The van der Waals surface area contributed by atoms with E-state index in [1.807, 2.05) is 24.3 Å². The summed E-state index contributed by atoms with van der Waals surface area (Å²) in [5, 5.41) is 18.2. The van der Waals surface area contributed by atoms with Gasteiger partial charge in [-0.15, -0.1) is 0 Å². The molecule has 2 aromatic rings. The molecular formula is C29H34O6. The van der Waals surface area contributed by atoms with E-state index in [2.05, 4.69) is 20.1 Å². The van der Waals surface area contributed by atoms with E-state index in [0.717, 1.165) is 36.8 Å². The van der Waals surface area contributed by atoms with E-state index in [0.29, 0.717) is 17.4 Å². The Labute approximate surface area is 206 Å². The summed E-state index contributed by atoms with van der Waals surface area (Å²) >= 11 is 0. The summed E-state index contributed by atoms with van der Waals surface area (Å²) in [5.74, 6) is 0.208. The fourth-order valence-electron chi connectivity index (χ4n) is 4.78. The maximum absolute atomic E-state index is 11.9. The van der Waals surface area contributed by atoms with Crippen molar-refractivity contribution in [3.05, 3.63) is 84.0 Å². The summed E-state index contributed by atoms with van der Waals surface area (Å²) in [6.07, 6.45) is 6.61. The number of aliphatic hydroxyl groups is 2. The Kier molecular flexibility index (Phi) is 9.01. The summed E-state index contributed by atoms with van der Waals surface area (Å²) in [4.78, 5) is 23.9. The monoisotopic (exact) mass is 478 g/mol. The predicted octanol–water partition coefficient (Wildman–Crippen LogP) is 4.87. The molecule has 0 aromatic heterocycles. The van der Waals surface area contributed by atoms with Gasteiger partial charge in [-0.1, -0.05) is 57.2 Å². The van der Waals surface area contributed by atoms with Crippen molar-refractivity contribution >= 4 is 11.9 Å². The smallest absolute Gasteiger partial charge is 0.341 e. The number of rotatable bonds is 10. The van der Waals surface area contributed by atoms with Crippen LogP contribution in [0.4, 0.5) is 0 Å². The molecule has 1 aliphatic carbocycles. The second kappa shape index (κ2) is 12.0. The molecule has 1 saturated carbocycles. The molecule has 1 aliphatic rings. The Hall–Kier alpha value is -3.22. The van der Waals surface area contributed by atoms with Crippen LogP contribution in [0.25, 0.3) is 0 Å². The van der Waals surface area contributed by atoms with E-state index in [-0.39, 0.29) is 16.6 Å². The number of ether oxygens (including phenoxy) is 2. The van der Waals surface area contributed by atoms with Crippen molar-refractivity contribution in [1.29, 1.82) is 0 Å². The molecule has 0 saturated heterocycles. The molecular weight excluding hydrogens is 444 g/mol. The number of aliphatic hydroxyl groups excluding tert-OH is 2. The van der Waals surface area contributed by atoms with Gasteiger partial charge >= 0.3 is 11.9 Å². The van der Waals surface area contributed by atoms with Gasteiger partial charge in [-0.2, -0.15) is 0 Å². The maximum atomic E-state index is 11.9. The van der Waals surface area contributed by atoms with Gasteiger partial charge in [-0.05, 0) is 67.0 Å². The van der Waals surface area contributed by atoms with Crippen LogP contribution in [0.5, 0.6) is 11.5 Å². The highest BCUT2D eigenvalue weighted by molar-refractivity contribution is 5.90. The van der Waals surface area contributed by atoms with Gasteiger partial charge in [0.15, 0.2) is 0 Å². The summed E-state index contributed by atoms with van der Waals surface area (Å²) in [6.45, 7) is 8.33. The third kappa shape index (κ3) is 6.27. The van der Waals surface area contributed by atoms with Crippen molar-refractivity contribution in [1.82, 2.24) is 0 Å². The largest absolute Gasteiger partial charge is 0.423 e. The molecule has 0 bridgehead atoms. The zero-order valence-corrected chi connectivity index (χ0v) is 20.3. The van der Waals surface area contributed by atoms with Crippen LogP contribution in [0.2, 0.25) is 0 Å². The molecule has 6 heteroatoms. The van der Waals surface area contributed by atoms with Crippen molar-refractivity contribution in [2.24, 2.45) is 5.92 Å². The second-order valence-electron chi connectivity index (χ2n) is 9.17. The summed E-state index contributed by atoms with van der Waals surface area (Å²) < 4.78 is 10.6. The van der Waals surface area contributed by atoms with Crippen molar-refractivity contribution in [3.63, 3.8) is 0 Å². The standard InChI is InChI=1S/C29H34O6/c1-4-5-22-14-16-29(17-15-22,23-6-10-25(11-7-23)34-27(32)20(2)18-30)24-8-12-26(13-9-24)35-28(33)21(3)19-31/h6-13,22,30-31H,2-5,14-19H2,1H3. The highest BCUT2D eigenvalue weighted by atomic mass is 16.5. The highest BCUT2D eigenvalue weighted by Gasteiger charge is 2.38. The van der Waals surface area contributed by atoms with Crippen molar-refractivity contribution in [3.8, 4) is 11.5 Å². The molecule has 35 heavy (non-hydrogen) atoms. The number of benzene rings is 2. The number of esters is 2. The third-order valence-corrected chi connectivity index (χ3v) is 6.85. The second-order valence-corrected chi connectivity index (χ2v) is 9.17. The molecule has 0 aliphatic heterocycles. The minimum Gasteiger partial charge on any atom is -0.423 e. The molecule has 3 rings (SSSR count). The Balaban J connectivity index is 1.87. The van der Waals surface area contributed by atoms with E-state index in [1.165, 1.54) is 12.8 Å². The lowest BCUT2D eigenvalue weighted by Gasteiger charge is -2.41. The number of carbonyl (C=O) groups is 2. The van der Waals surface area contributed by atoms with Gasteiger partial charge in [0.25, 0.3) is 0 Å². The van der Waals surface area contributed by atoms with Gasteiger partial charge in [-0.3, -0.25) is 0 Å². The lowest BCUT2D eigenvalue weighted by molar-refractivity contribution is -0.131. The quantitative estimate of drug-likeness (QED) is 0.288. The molecule has 0 unspecified atom stereocenters. The average molecular weight is 479 g/mol. The van der Waals surface area contributed by atoms with E-state index in [9.17, 15) is 9.59 Å².